The van der Waals surface area contributed by atoms with Gasteiger partial charge in [0.2, 0.25) is 0 Å². The first-order chi connectivity index (χ1) is 13.8. The van der Waals surface area contributed by atoms with E-state index in [1.165, 1.54) is 35.6 Å². The molecule has 154 valence electrons. The smallest absolute Gasteiger partial charge is 0.258 e. The monoisotopic (exact) mass is 416 g/mol. The van der Waals surface area contributed by atoms with Gasteiger partial charge in [-0.05, 0) is 60.5 Å². The molecule has 7 heteroatoms. The molecule has 3 aromatic rings. The second-order valence-electron chi connectivity index (χ2n) is 7.58. The van der Waals surface area contributed by atoms with Crippen molar-refractivity contribution in [2.24, 2.45) is 13.0 Å². The minimum atomic E-state index is -3.41. The maximum Gasteiger partial charge on any atom is 0.258 e. The molecule has 1 aromatic heterocycles. The topological polar surface area (TPSA) is 68.2 Å². The molecule has 0 unspecified atom stereocenters. The van der Waals surface area contributed by atoms with Crippen molar-refractivity contribution in [3.63, 3.8) is 0 Å². The van der Waals surface area contributed by atoms with Crippen LogP contribution in [0.4, 0.5) is 10.1 Å². The Morgan fingerprint density at radius 3 is 2.59 bits per heavy atom. The van der Waals surface area contributed by atoms with Gasteiger partial charge in [-0.2, -0.15) is 0 Å². The van der Waals surface area contributed by atoms with Crippen molar-refractivity contribution in [2.75, 3.05) is 17.6 Å². The van der Waals surface area contributed by atoms with Crippen LogP contribution < -0.4 is 10.9 Å². The Morgan fingerprint density at radius 2 is 1.90 bits per heavy atom. The summed E-state index contributed by atoms with van der Waals surface area (Å²) in [6, 6.07) is 9.05. The number of anilines is 1. The van der Waals surface area contributed by atoms with Crippen molar-refractivity contribution in [3.05, 3.63) is 58.8 Å². The molecule has 29 heavy (non-hydrogen) atoms. The minimum Gasteiger partial charge on any atom is -0.384 e. The van der Waals surface area contributed by atoms with E-state index in [1.807, 2.05) is 0 Å². The van der Waals surface area contributed by atoms with Crippen molar-refractivity contribution in [2.45, 2.75) is 24.7 Å². The lowest BCUT2D eigenvalue weighted by Crippen LogP contribution is -2.17. The third kappa shape index (κ3) is 3.79. The predicted molar refractivity (Wildman–Crippen MR) is 116 cm³/mol. The normalized spacial score (nSPS) is 14.3. The van der Waals surface area contributed by atoms with Gasteiger partial charge >= 0.3 is 0 Å². The van der Waals surface area contributed by atoms with Crippen molar-refractivity contribution in [1.29, 1.82) is 0 Å². The van der Waals surface area contributed by atoms with E-state index < -0.39 is 15.7 Å². The highest BCUT2D eigenvalue weighted by Crippen LogP contribution is 2.36. The van der Waals surface area contributed by atoms with E-state index in [0.29, 0.717) is 27.8 Å². The fourth-order valence-corrected chi connectivity index (χ4v) is 4.40. The highest BCUT2D eigenvalue weighted by Gasteiger charge is 2.22. The first-order valence-corrected chi connectivity index (χ1v) is 11.4. The highest BCUT2D eigenvalue weighted by molar-refractivity contribution is 7.91. The number of sulfone groups is 1. The Kier molecular flexibility index (Phi) is 4.94. The van der Waals surface area contributed by atoms with Crippen molar-refractivity contribution in [3.8, 4) is 11.1 Å². The Morgan fingerprint density at radius 1 is 1.14 bits per heavy atom. The zero-order valence-corrected chi connectivity index (χ0v) is 17.2. The summed E-state index contributed by atoms with van der Waals surface area (Å²) < 4.78 is 40.4. The van der Waals surface area contributed by atoms with E-state index >= 15 is 0 Å². The number of fused-ring (bicyclic) bond motifs is 1. The fourth-order valence-electron chi connectivity index (χ4n) is 3.49. The van der Waals surface area contributed by atoms with Gasteiger partial charge in [0.05, 0.1) is 10.6 Å². The van der Waals surface area contributed by atoms with E-state index in [0.717, 1.165) is 12.2 Å². The maximum atomic E-state index is 14.0. The predicted octanol–water partition coefficient (Wildman–Crippen LogP) is 4.21. The molecule has 0 aliphatic heterocycles. The molecule has 0 atom stereocenters. The molecule has 1 heterocycles. The van der Waals surface area contributed by atoms with Crippen molar-refractivity contribution < 1.29 is 14.2 Å². The second kappa shape index (κ2) is 7.30. The number of aromatic nitrogens is 1. The van der Waals surface area contributed by atoms with Gasteiger partial charge in [0.25, 0.3) is 5.56 Å². The number of aryl methyl sites for hydroxylation is 1. The first kappa shape index (κ1) is 19.6. The molecule has 5 nitrogen and oxygen atoms in total. The van der Waals surface area contributed by atoms with Crippen molar-refractivity contribution >= 4 is 26.3 Å². The van der Waals surface area contributed by atoms with Crippen LogP contribution in [0.25, 0.3) is 21.9 Å². The molecule has 0 amide bonds. The van der Waals surface area contributed by atoms with E-state index in [-0.39, 0.29) is 17.6 Å². The second-order valence-corrected chi connectivity index (χ2v) is 9.86. The molecule has 0 saturated heterocycles. The van der Waals surface area contributed by atoms with E-state index in [2.05, 4.69) is 5.32 Å². The molecule has 1 fully saturated rings. The van der Waals surface area contributed by atoms with Gasteiger partial charge in [0.15, 0.2) is 9.84 Å². The summed E-state index contributed by atoms with van der Waals surface area (Å²) in [4.78, 5) is 12.7. The highest BCUT2D eigenvalue weighted by atomic mass is 32.2. The van der Waals surface area contributed by atoms with Crippen LogP contribution in [0.3, 0.4) is 0 Å². The lowest BCUT2D eigenvalue weighted by molar-refractivity contribution is 0.597. The third-order valence-electron chi connectivity index (χ3n) is 5.44. The average molecular weight is 417 g/mol. The molecule has 1 aliphatic carbocycles. The molecule has 2 aromatic carbocycles. The van der Waals surface area contributed by atoms with Gasteiger partial charge in [-0.15, -0.1) is 0 Å². The zero-order valence-electron chi connectivity index (χ0n) is 16.4. The molecule has 0 bridgehead atoms. The fraction of sp³-hybridized carbons (Fsp3) is 0.318. The Bertz CT molecular complexity index is 1270. The Labute approximate surface area is 170 Å². The van der Waals surface area contributed by atoms with Crippen LogP contribution in [0.1, 0.15) is 21.2 Å². The number of rotatable bonds is 6. The number of hydrogen-bond donors (Lipinski definition) is 1. The molecular formula is C22H25FN2O3S. The van der Waals surface area contributed by atoms with Crippen LogP contribution >= 0.6 is 0 Å². The summed E-state index contributed by atoms with van der Waals surface area (Å²) in [6.45, 7) is 2.40. The number of nitrogens with one attached hydrogen (secondary N) is 1. The summed E-state index contributed by atoms with van der Waals surface area (Å²) in [7, 11) is -1.78. The average Bonchev–Trinajstić information content (AvgIpc) is 3.53. The largest absolute Gasteiger partial charge is 0.384 e. The first-order valence-electron chi connectivity index (χ1n) is 9.70. The molecule has 1 saturated carbocycles. The van der Waals surface area contributed by atoms with Gasteiger partial charge in [0, 0.05) is 43.4 Å². The third-order valence-corrected chi connectivity index (χ3v) is 7.18. The lowest BCUT2D eigenvalue weighted by atomic mass is 9.98. The van der Waals surface area contributed by atoms with Gasteiger partial charge in [0.1, 0.15) is 5.82 Å². The SMILES string of the molecule is CCS(=O)(=O)c1ccc(NCC2CC2)c(-c2cn(C)c(=O)c3ccc(F)cc23)c1.[HH]. The van der Waals surface area contributed by atoms with Crippen LogP contribution in [0.2, 0.25) is 0 Å². The number of halogens is 1. The zero-order chi connectivity index (χ0) is 20.8. The van der Waals surface area contributed by atoms with Crippen LogP contribution in [-0.2, 0) is 16.9 Å². The standard InChI is InChI=1S/C22H23FN2O3S.H2/c1-3-29(27,28)16-7-9-21(24-12-14-4-5-14)19(11-16)20-13-25(2)22(26)17-8-6-15(23)10-18(17)20;/h6-11,13-14,24H,3-5,12H2,1-2H3;1H. The molecule has 1 N–H and O–H groups in total. The molecule has 4 rings (SSSR count). The van der Waals surface area contributed by atoms with E-state index in [1.54, 1.807) is 38.4 Å². The molecule has 1 aliphatic rings. The molecule has 0 spiro atoms. The molecule has 0 radical (unpaired) electrons. The van der Waals surface area contributed by atoms with E-state index in [4.69, 9.17) is 0 Å². The van der Waals surface area contributed by atoms with Gasteiger partial charge in [-0.1, -0.05) is 6.92 Å². The van der Waals surface area contributed by atoms with Gasteiger partial charge < -0.3 is 9.88 Å². The summed E-state index contributed by atoms with van der Waals surface area (Å²) in [5.74, 6) is 0.164. The van der Waals surface area contributed by atoms with Gasteiger partial charge in [-0.3, -0.25) is 4.79 Å². The van der Waals surface area contributed by atoms with E-state index in [9.17, 15) is 17.6 Å². The lowest BCUT2D eigenvalue weighted by Gasteiger charge is -2.17. The van der Waals surface area contributed by atoms with Crippen LogP contribution in [0.5, 0.6) is 0 Å². The number of pyridine rings is 1. The Balaban J connectivity index is 0.00000256. The number of nitrogens with zero attached hydrogens (tertiary/aromatic N) is 1. The summed E-state index contributed by atoms with van der Waals surface area (Å²) in [6.07, 6.45) is 4.00. The number of benzene rings is 2. The summed E-state index contributed by atoms with van der Waals surface area (Å²) in [5.41, 5.74) is 1.81. The minimum absolute atomic E-state index is 0. The van der Waals surface area contributed by atoms with Crippen LogP contribution in [0, 0.1) is 11.7 Å². The summed E-state index contributed by atoms with van der Waals surface area (Å²) in [5, 5.41) is 4.27. The van der Waals surface area contributed by atoms with Gasteiger partial charge in [-0.25, -0.2) is 12.8 Å². The quantitative estimate of drug-likeness (QED) is 0.654. The summed E-state index contributed by atoms with van der Waals surface area (Å²) >= 11 is 0. The maximum absolute atomic E-state index is 14.0. The Hall–Kier alpha value is -2.67. The van der Waals surface area contributed by atoms with Crippen LogP contribution in [0.15, 0.2) is 52.3 Å². The van der Waals surface area contributed by atoms with Crippen molar-refractivity contribution in [1.82, 2.24) is 4.57 Å². The molecular weight excluding hydrogens is 391 g/mol. The number of hydrogen-bond acceptors (Lipinski definition) is 4. The van der Waals surface area contributed by atoms with Crippen LogP contribution in [-0.4, -0.2) is 25.3 Å².